The molecule has 2 aromatic rings. The molecule has 0 radical (unpaired) electrons. The molecular formula is C14H14F3N3O. The number of benzene rings is 1. The minimum atomic E-state index is -4.45. The second-order valence-electron chi connectivity index (χ2n) is 4.50. The number of phenolic OH excluding ortho intramolecular Hbond substituents is 1. The minimum Gasteiger partial charge on any atom is -0.508 e. The predicted molar refractivity (Wildman–Crippen MR) is 74.0 cm³/mol. The van der Waals surface area contributed by atoms with Crippen LogP contribution in [0.1, 0.15) is 11.1 Å². The quantitative estimate of drug-likeness (QED) is 0.811. The van der Waals surface area contributed by atoms with Crippen molar-refractivity contribution in [3.8, 4) is 5.75 Å². The number of phenols is 1. The van der Waals surface area contributed by atoms with E-state index in [1.165, 1.54) is 0 Å². The SMILES string of the molecule is Nc1cc(C(F)(F)F)cnc1NCCc1ccc(O)cc1. The van der Waals surface area contributed by atoms with Gasteiger partial charge < -0.3 is 16.2 Å². The molecule has 112 valence electrons. The lowest BCUT2D eigenvalue weighted by atomic mass is 10.1. The van der Waals surface area contributed by atoms with Crippen molar-refractivity contribution in [3.63, 3.8) is 0 Å². The van der Waals surface area contributed by atoms with Gasteiger partial charge in [-0.3, -0.25) is 0 Å². The molecule has 0 bridgehead atoms. The van der Waals surface area contributed by atoms with E-state index in [4.69, 9.17) is 10.8 Å². The number of alkyl halides is 3. The van der Waals surface area contributed by atoms with Gasteiger partial charge in [0.05, 0.1) is 11.3 Å². The van der Waals surface area contributed by atoms with Gasteiger partial charge in [0, 0.05) is 12.7 Å². The molecule has 0 unspecified atom stereocenters. The number of nitrogens with zero attached hydrogens (tertiary/aromatic N) is 1. The van der Waals surface area contributed by atoms with Crippen molar-refractivity contribution in [1.82, 2.24) is 4.98 Å². The molecule has 0 aliphatic heterocycles. The number of aromatic hydroxyl groups is 1. The van der Waals surface area contributed by atoms with Crippen molar-refractivity contribution in [2.24, 2.45) is 0 Å². The molecular weight excluding hydrogens is 283 g/mol. The molecule has 21 heavy (non-hydrogen) atoms. The molecule has 1 heterocycles. The first-order chi connectivity index (χ1) is 9.86. The van der Waals surface area contributed by atoms with Crippen molar-refractivity contribution in [2.75, 3.05) is 17.6 Å². The van der Waals surface area contributed by atoms with Crippen molar-refractivity contribution in [2.45, 2.75) is 12.6 Å². The zero-order valence-corrected chi connectivity index (χ0v) is 11.0. The number of nitrogen functional groups attached to an aromatic ring is 1. The average Bonchev–Trinajstić information content (AvgIpc) is 2.41. The number of halogens is 3. The fourth-order valence-corrected chi connectivity index (χ4v) is 1.77. The van der Waals surface area contributed by atoms with Crippen LogP contribution in [-0.4, -0.2) is 16.6 Å². The summed E-state index contributed by atoms with van der Waals surface area (Å²) >= 11 is 0. The summed E-state index contributed by atoms with van der Waals surface area (Å²) in [5, 5.41) is 12.0. The summed E-state index contributed by atoms with van der Waals surface area (Å²) in [4.78, 5) is 3.69. The molecule has 4 N–H and O–H groups in total. The standard InChI is InChI=1S/C14H14F3N3O/c15-14(16,17)10-7-12(18)13(20-8-10)19-6-5-9-1-3-11(21)4-2-9/h1-4,7-8,21H,5-6,18H2,(H,19,20). The summed E-state index contributed by atoms with van der Waals surface area (Å²) in [6.45, 7) is 0.466. The molecule has 0 aliphatic carbocycles. The lowest BCUT2D eigenvalue weighted by molar-refractivity contribution is -0.137. The number of anilines is 2. The van der Waals surface area contributed by atoms with E-state index >= 15 is 0 Å². The van der Waals surface area contributed by atoms with Crippen LogP contribution in [0, 0.1) is 0 Å². The first-order valence-electron chi connectivity index (χ1n) is 6.21. The van der Waals surface area contributed by atoms with Crippen LogP contribution < -0.4 is 11.1 Å². The Morgan fingerprint density at radius 2 is 1.86 bits per heavy atom. The maximum atomic E-state index is 12.5. The van der Waals surface area contributed by atoms with Crippen molar-refractivity contribution in [1.29, 1.82) is 0 Å². The number of nitrogens with two attached hydrogens (primary N) is 1. The highest BCUT2D eigenvalue weighted by Crippen LogP contribution is 2.31. The molecule has 0 atom stereocenters. The van der Waals surface area contributed by atoms with E-state index in [9.17, 15) is 13.2 Å². The second kappa shape index (κ2) is 5.90. The van der Waals surface area contributed by atoms with Crippen LogP contribution in [0.2, 0.25) is 0 Å². The highest BCUT2D eigenvalue weighted by molar-refractivity contribution is 5.62. The van der Waals surface area contributed by atoms with Gasteiger partial charge in [-0.25, -0.2) is 4.98 Å². The maximum absolute atomic E-state index is 12.5. The molecule has 0 saturated carbocycles. The van der Waals surface area contributed by atoms with Gasteiger partial charge in [0.25, 0.3) is 0 Å². The van der Waals surface area contributed by atoms with Crippen LogP contribution in [0.4, 0.5) is 24.7 Å². The van der Waals surface area contributed by atoms with Crippen LogP contribution in [0.3, 0.4) is 0 Å². The molecule has 0 saturated heterocycles. The molecule has 1 aromatic heterocycles. The topological polar surface area (TPSA) is 71.2 Å². The highest BCUT2D eigenvalue weighted by Gasteiger charge is 2.31. The van der Waals surface area contributed by atoms with Gasteiger partial charge >= 0.3 is 6.18 Å². The lowest BCUT2D eigenvalue weighted by Gasteiger charge is -2.11. The summed E-state index contributed by atoms with van der Waals surface area (Å²) in [5.41, 5.74) is 5.62. The molecule has 1 aromatic carbocycles. The van der Waals surface area contributed by atoms with Gasteiger partial charge in [-0.1, -0.05) is 12.1 Å². The fourth-order valence-electron chi connectivity index (χ4n) is 1.77. The Morgan fingerprint density at radius 3 is 2.43 bits per heavy atom. The van der Waals surface area contributed by atoms with E-state index in [2.05, 4.69) is 10.3 Å². The normalized spacial score (nSPS) is 11.4. The summed E-state index contributed by atoms with van der Waals surface area (Å²) < 4.78 is 37.4. The van der Waals surface area contributed by atoms with Crippen molar-refractivity contribution >= 4 is 11.5 Å². The molecule has 2 rings (SSSR count). The zero-order valence-electron chi connectivity index (χ0n) is 11.0. The number of pyridine rings is 1. The van der Waals surface area contributed by atoms with Gasteiger partial charge in [-0.05, 0) is 30.2 Å². The summed E-state index contributed by atoms with van der Waals surface area (Å²) in [5.74, 6) is 0.405. The van der Waals surface area contributed by atoms with E-state index in [-0.39, 0.29) is 17.3 Å². The van der Waals surface area contributed by atoms with Crippen LogP contribution in [-0.2, 0) is 12.6 Å². The third-order valence-corrected chi connectivity index (χ3v) is 2.89. The first-order valence-corrected chi connectivity index (χ1v) is 6.21. The first kappa shape index (κ1) is 15.0. The van der Waals surface area contributed by atoms with E-state index < -0.39 is 11.7 Å². The van der Waals surface area contributed by atoms with E-state index in [0.717, 1.165) is 17.8 Å². The molecule has 0 amide bonds. The summed E-state index contributed by atoms with van der Waals surface area (Å²) in [6.07, 6.45) is -3.08. The minimum absolute atomic E-state index is 0.0458. The summed E-state index contributed by atoms with van der Waals surface area (Å²) in [6, 6.07) is 7.52. The molecule has 0 fully saturated rings. The van der Waals surface area contributed by atoms with E-state index in [1.807, 2.05) is 0 Å². The zero-order chi connectivity index (χ0) is 15.5. The van der Waals surface area contributed by atoms with Crippen LogP contribution in [0.15, 0.2) is 36.5 Å². The van der Waals surface area contributed by atoms with Gasteiger partial charge in [-0.2, -0.15) is 13.2 Å². The Kier molecular flexibility index (Phi) is 4.21. The largest absolute Gasteiger partial charge is 0.508 e. The molecule has 7 heteroatoms. The smallest absolute Gasteiger partial charge is 0.417 e. The molecule has 0 aliphatic rings. The van der Waals surface area contributed by atoms with Crippen molar-refractivity contribution < 1.29 is 18.3 Å². The van der Waals surface area contributed by atoms with Crippen LogP contribution >= 0.6 is 0 Å². The number of hydrogen-bond acceptors (Lipinski definition) is 4. The van der Waals surface area contributed by atoms with Crippen molar-refractivity contribution in [3.05, 3.63) is 47.7 Å². The third kappa shape index (κ3) is 4.01. The average molecular weight is 297 g/mol. The lowest BCUT2D eigenvalue weighted by Crippen LogP contribution is -2.11. The number of aromatic nitrogens is 1. The van der Waals surface area contributed by atoms with Crippen LogP contribution in [0.5, 0.6) is 5.75 Å². The molecule has 0 spiro atoms. The Labute approximate surface area is 119 Å². The van der Waals surface area contributed by atoms with E-state index in [1.54, 1.807) is 24.3 Å². The third-order valence-electron chi connectivity index (χ3n) is 2.89. The second-order valence-corrected chi connectivity index (χ2v) is 4.50. The number of nitrogens with one attached hydrogen (secondary N) is 1. The van der Waals surface area contributed by atoms with Crippen LogP contribution in [0.25, 0.3) is 0 Å². The number of rotatable bonds is 4. The van der Waals surface area contributed by atoms with Gasteiger partial charge in [0.1, 0.15) is 11.6 Å². The Hall–Kier alpha value is -2.44. The number of hydrogen-bond donors (Lipinski definition) is 3. The predicted octanol–water partition coefficient (Wildman–Crippen LogP) is 3.04. The Bertz CT molecular complexity index is 612. The maximum Gasteiger partial charge on any atom is 0.417 e. The monoisotopic (exact) mass is 297 g/mol. The van der Waals surface area contributed by atoms with Gasteiger partial charge in [-0.15, -0.1) is 0 Å². The highest BCUT2D eigenvalue weighted by atomic mass is 19.4. The summed E-state index contributed by atoms with van der Waals surface area (Å²) in [7, 11) is 0. The fraction of sp³-hybridized carbons (Fsp3) is 0.214. The van der Waals surface area contributed by atoms with Gasteiger partial charge in [0.2, 0.25) is 0 Å². The van der Waals surface area contributed by atoms with Gasteiger partial charge in [0.15, 0.2) is 0 Å². The molecule has 4 nitrogen and oxygen atoms in total. The van der Waals surface area contributed by atoms with E-state index in [0.29, 0.717) is 13.0 Å². The Morgan fingerprint density at radius 1 is 1.19 bits per heavy atom. The Balaban J connectivity index is 1.96.